The number of carbonyl (C=O) groups is 1. The van der Waals surface area contributed by atoms with Gasteiger partial charge in [0, 0.05) is 5.69 Å². The topological polar surface area (TPSA) is 38.3 Å². The third-order valence-corrected chi connectivity index (χ3v) is 3.75. The zero-order chi connectivity index (χ0) is 16.3. The number of amides is 1. The molecule has 0 radical (unpaired) electrons. The average molecular weight is 297 g/mol. The van der Waals surface area contributed by atoms with E-state index in [1.807, 2.05) is 64.1 Å². The van der Waals surface area contributed by atoms with E-state index in [9.17, 15) is 4.79 Å². The van der Waals surface area contributed by atoms with Gasteiger partial charge in [-0.3, -0.25) is 4.79 Å². The van der Waals surface area contributed by atoms with Crippen LogP contribution in [0.25, 0.3) is 0 Å². The quantitative estimate of drug-likeness (QED) is 0.912. The summed E-state index contributed by atoms with van der Waals surface area (Å²) >= 11 is 0. The highest BCUT2D eigenvalue weighted by Crippen LogP contribution is 2.22. The van der Waals surface area contributed by atoms with Crippen molar-refractivity contribution in [2.24, 2.45) is 0 Å². The zero-order valence-corrected chi connectivity index (χ0v) is 13.9. The molecule has 0 aliphatic rings. The van der Waals surface area contributed by atoms with Crippen LogP contribution < -0.4 is 10.1 Å². The van der Waals surface area contributed by atoms with Crippen LogP contribution in [0.2, 0.25) is 0 Å². The van der Waals surface area contributed by atoms with Gasteiger partial charge in [-0.15, -0.1) is 0 Å². The smallest absolute Gasteiger partial charge is 0.265 e. The van der Waals surface area contributed by atoms with Crippen molar-refractivity contribution in [2.45, 2.75) is 40.7 Å². The maximum absolute atomic E-state index is 12.4. The minimum absolute atomic E-state index is 0.140. The van der Waals surface area contributed by atoms with Gasteiger partial charge in [-0.25, -0.2) is 0 Å². The number of rotatable bonds is 4. The number of benzene rings is 2. The Kier molecular flexibility index (Phi) is 4.86. The van der Waals surface area contributed by atoms with E-state index >= 15 is 0 Å². The van der Waals surface area contributed by atoms with Crippen LogP contribution in [0.3, 0.4) is 0 Å². The van der Waals surface area contributed by atoms with E-state index in [4.69, 9.17) is 4.74 Å². The molecule has 1 amide bonds. The number of hydrogen-bond acceptors (Lipinski definition) is 2. The van der Waals surface area contributed by atoms with Gasteiger partial charge in [0.1, 0.15) is 5.75 Å². The number of nitrogens with one attached hydrogen (secondary N) is 1. The maximum Gasteiger partial charge on any atom is 0.265 e. The van der Waals surface area contributed by atoms with Crippen molar-refractivity contribution >= 4 is 11.6 Å². The summed E-state index contributed by atoms with van der Waals surface area (Å²) in [5.74, 6) is 0.613. The Bertz CT molecular complexity index is 672. The Morgan fingerprint density at radius 1 is 1.00 bits per heavy atom. The Labute approximate surface area is 132 Å². The average Bonchev–Trinajstić information content (AvgIpc) is 2.46. The zero-order valence-electron chi connectivity index (χ0n) is 13.9. The summed E-state index contributed by atoms with van der Waals surface area (Å²) in [6.07, 6.45) is -0.556. The number of ether oxygens (including phenoxy) is 1. The first-order chi connectivity index (χ1) is 10.4. The molecule has 0 aliphatic heterocycles. The first-order valence-corrected chi connectivity index (χ1v) is 7.49. The number of carbonyl (C=O) groups excluding carboxylic acids is 1. The van der Waals surface area contributed by atoms with Gasteiger partial charge in [0.15, 0.2) is 6.10 Å². The van der Waals surface area contributed by atoms with E-state index in [-0.39, 0.29) is 5.91 Å². The summed E-state index contributed by atoms with van der Waals surface area (Å²) in [6.45, 7) is 9.72. The van der Waals surface area contributed by atoms with E-state index in [1.54, 1.807) is 6.92 Å². The van der Waals surface area contributed by atoms with Crippen LogP contribution in [-0.2, 0) is 4.79 Å². The summed E-state index contributed by atoms with van der Waals surface area (Å²) in [5, 5.41) is 2.97. The minimum atomic E-state index is -0.556. The molecule has 0 saturated heterocycles. The fourth-order valence-corrected chi connectivity index (χ4v) is 2.31. The van der Waals surface area contributed by atoms with Crippen molar-refractivity contribution < 1.29 is 9.53 Å². The van der Waals surface area contributed by atoms with Crippen molar-refractivity contribution in [3.05, 3.63) is 58.7 Å². The van der Waals surface area contributed by atoms with Crippen molar-refractivity contribution in [3.8, 4) is 5.75 Å². The fourth-order valence-electron chi connectivity index (χ4n) is 2.31. The van der Waals surface area contributed by atoms with E-state index in [1.165, 1.54) is 0 Å². The van der Waals surface area contributed by atoms with Crippen LogP contribution in [0.5, 0.6) is 5.75 Å². The molecule has 0 aromatic heterocycles. The van der Waals surface area contributed by atoms with Gasteiger partial charge in [-0.05, 0) is 62.9 Å². The predicted octanol–water partition coefficient (Wildman–Crippen LogP) is 4.33. The molecule has 0 saturated carbocycles. The van der Waals surface area contributed by atoms with Gasteiger partial charge in [-0.1, -0.05) is 30.3 Å². The lowest BCUT2D eigenvalue weighted by molar-refractivity contribution is -0.122. The number of anilines is 1. The minimum Gasteiger partial charge on any atom is -0.481 e. The molecule has 2 rings (SSSR count). The molecular formula is C19H23NO2. The molecular weight excluding hydrogens is 274 g/mol. The fraction of sp³-hybridized carbons (Fsp3) is 0.316. The standard InChI is InChI=1S/C19H23NO2/c1-12-9-10-13(2)17(11-12)22-16(5)19(21)20-18-14(3)7-6-8-15(18)4/h6-11,16H,1-5H3,(H,20,21)/t16-/m1/s1. The summed E-state index contributed by atoms with van der Waals surface area (Å²) in [7, 11) is 0. The molecule has 1 atom stereocenters. The van der Waals surface area contributed by atoms with E-state index in [0.29, 0.717) is 0 Å². The molecule has 2 aromatic rings. The maximum atomic E-state index is 12.4. The van der Waals surface area contributed by atoms with Crippen LogP contribution in [0, 0.1) is 27.7 Å². The molecule has 0 unspecified atom stereocenters. The molecule has 0 spiro atoms. The first-order valence-electron chi connectivity index (χ1n) is 7.49. The number of aryl methyl sites for hydroxylation is 4. The normalized spacial score (nSPS) is 11.9. The van der Waals surface area contributed by atoms with Crippen molar-refractivity contribution in [1.82, 2.24) is 0 Å². The number of para-hydroxylation sites is 1. The molecule has 0 aliphatic carbocycles. The number of hydrogen-bond donors (Lipinski definition) is 1. The van der Waals surface area contributed by atoms with Gasteiger partial charge in [0.2, 0.25) is 0 Å². The lowest BCUT2D eigenvalue weighted by Gasteiger charge is -2.18. The molecule has 116 valence electrons. The SMILES string of the molecule is Cc1ccc(C)c(O[C@H](C)C(=O)Nc2c(C)cccc2C)c1. The van der Waals surface area contributed by atoms with Crippen LogP contribution >= 0.6 is 0 Å². The highest BCUT2D eigenvalue weighted by molar-refractivity contribution is 5.95. The van der Waals surface area contributed by atoms with Crippen LogP contribution in [0.15, 0.2) is 36.4 Å². The largest absolute Gasteiger partial charge is 0.481 e. The molecule has 0 fully saturated rings. The third kappa shape index (κ3) is 3.67. The highest BCUT2D eigenvalue weighted by Gasteiger charge is 2.17. The van der Waals surface area contributed by atoms with Gasteiger partial charge >= 0.3 is 0 Å². The molecule has 0 bridgehead atoms. The van der Waals surface area contributed by atoms with Crippen LogP contribution in [-0.4, -0.2) is 12.0 Å². The lowest BCUT2D eigenvalue weighted by atomic mass is 10.1. The van der Waals surface area contributed by atoms with E-state index < -0.39 is 6.10 Å². The Morgan fingerprint density at radius 2 is 1.64 bits per heavy atom. The van der Waals surface area contributed by atoms with Gasteiger partial charge in [-0.2, -0.15) is 0 Å². The third-order valence-electron chi connectivity index (χ3n) is 3.75. The van der Waals surface area contributed by atoms with Crippen molar-refractivity contribution in [3.63, 3.8) is 0 Å². The molecule has 3 heteroatoms. The predicted molar refractivity (Wildman–Crippen MR) is 90.6 cm³/mol. The molecule has 2 aromatic carbocycles. The van der Waals surface area contributed by atoms with Crippen LogP contribution in [0.1, 0.15) is 29.2 Å². The monoisotopic (exact) mass is 297 g/mol. The molecule has 0 heterocycles. The second-order valence-corrected chi connectivity index (χ2v) is 5.79. The second kappa shape index (κ2) is 6.65. The van der Waals surface area contributed by atoms with Gasteiger partial charge in [0.25, 0.3) is 5.91 Å². The van der Waals surface area contributed by atoms with E-state index in [2.05, 4.69) is 5.32 Å². The first kappa shape index (κ1) is 16.1. The summed E-state index contributed by atoms with van der Waals surface area (Å²) in [6, 6.07) is 11.9. The molecule has 1 N–H and O–H groups in total. The second-order valence-electron chi connectivity index (χ2n) is 5.79. The van der Waals surface area contributed by atoms with E-state index in [0.717, 1.165) is 33.7 Å². The lowest BCUT2D eigenvalue weighted by Crippen LogP contribution is -2.30. The van der Waals surface area contributed by atoms with Gasteiger partial charge < -0.3 is 10.1 Å². The Morgan fingerprint density at radius 3 is 2.27 bits per heavy atom. The highest BCUT2D eigenvalue weighted by atomic mass is 16.5. The van der Waals surface area contributed by atoms with Crippen LogP contribution in [0.4, 0.5) is 5.69 Å². The Balaban J connectivity index is 2.11. The summed E-state index contributed by atoms with van der Waals surface area (Å²) < 4.78 is 5.83. The Hall–Kier alpha value is -2.29. The summed E-state index contributed by atoms with van der Waals surface area (Å²) in [5.41, 5.74) is 5.10. The summed E-state index contributed by atoms with van der Waals surface area (Å²) in [4.78, 5) is 12.4. The van der Waals surface area contributed by atoms with Gasteiger partial charge in [0.05, 0.1) is 0 Å². The van der Waals surface area contributed by atoms with Crippen molar-refractivity contribution in [1.29, 1.82) is 0 Å². The molecule has 22 heavy (non-hydrogen) atoms. The van der Waals surface area contributed by atoms with Crippen molar-refractivity contribution in [2.75, 3.05) is 5.32 Å². The molecule has 3 nitrogen and oxygen atoms in total.